The van der Waals surface area contributed by atoms with Crippen molar-refractivity contribution < 1.29 is 0 Å². The van der Waals surface area contributed by atoms with Crippen LogP contribution in [0, 0.1) is 0 Å². The molecule has 0 bridgehead atoms. The topological polar surface area (TPSA) is 6.48 Å². The van der Waals surface area contributed by atoms with Gasteiger partial charge >= 0.3 is 0 Å². The Morgan fingerprint density at radius 2 is 0.721 bits per heavy atom. The summed E-state index contributed by atoms with van der Waals surface area (Å²) >= 11 is 7.35. The van der Waals surface area contributed by atoms with E-state index in [1.54, 1.807) is 0 Å². The third-order valence-corrected chi connectivity index (χ3v) is 17.7. The van der Waals surface area contributed by atoms with Crippen LogP contribution in [0.4, 0.5) is 34.1 Å². The van der Waals surface area contributed by atoms with Crippen LogP contribution in [0.15, 0.2) is 261 Å². The molecule has 0 radical (unpaired) electrons. The molecule has 0 spiro atoms. The van der Waals surface area contributed by atoms with Gasteiger partial charge in [-0.1, -0.05) is 289 Å². The molecule has 11 aromatic rings. The van der Waals surface area contributed by atoms with E-state index in [0.717, 1.165) is 95.3 Å². The first-order valence-electron chi connectivity index (χ1n) is 30.5. The molecule has 0 saturated carbocycles. The molecule has 0 saturated heterocycles. The first-order chi connectivity index (χ1) is 41.1. The number of para-hydroxylation sites is 4. The van der Waals surface area contributed by atoms with Gasteiger partial charge in [-0.2, -0.15) is 0 Å². The Bertz CT molecular complexity index is 4110. The number of rotatable bonds is 10. The van der Waals surface area contributed by atoms with Crippen molar-refractivity contribution in [1.29, 1.82) is 0 Å². The number of halogens is 1. The summed E-state index contributed by atoms with van der Waals surface area (Å²) in [4.78, 5) is 5.03. The smallest absolute Gasteiger partial charge is 0.0743 e. The maximum Gasteiger partial charge on any atom is 0.0743 e. The first-order valence-corrected chi connectivity index (χ1v) is 30.9. The predicted molar refractivity (Wildman–Crippen MR) is 369 cm³/mol. The molecule has 0 fully saturated rings. The Morgan fingerprint density at radius 3 is 1.21 bits per heavy atom. The molecule has 12 rings (SSSR count). The number of hydrogen-bond acceptors (Lipinski definition) is 2. The SMILES string of the molecule is CC(C)(C)c1cc(-c2cccc(N(c3cc(-c4cc(C(C)(C)C)cc(C(C)(C)C)c4)cc(C4(c5cccc(Cl)c5)c5ccccc5N(c5ccccc5)c5ccccc54)c3)c3c(-c4ccccc4)cccc3-c3ccccc3)c2)cc(C(C)(C)C)c1. The summed E-state index contributed by atoms with van der Waals surface area (Å²) < 4.78 is 0. The largest absolute Gasteiger partial charge is 0.310 e. The molecular weight excluding hydrogens is 1060 g/mol. The quantitative estimate of drug-likeness (QED) is 0.135. The van der Waals surface area contributed by atoms with Crippen LogP contribution in [0.5, 0.6) is 0 Å². The number of anilines is 6. The van der Waals surface area contributed by atoms with Crippen LogP contribution in [0.25, 0.3) is 44.5 Å². The van der Waals surface area contributed by atoms with E-state index in [-0.39, 0.29) is 21.7 Å². The molecule has 0 aromatic heterocycles. The minimum absolute atomic E-state index is 0.0692. The van der Waals surface area contributed by atoms with Crippen molar-refractivity contribution in [1.82, 2.24) is 0 Å². The van der Waals surface area contributed by atoms with E-state index < -0.39 is 5.41 Å². The van der Waals surface area contributed by atoms with Crippen LogP contribution < -0.4 is 9.80 Å². The summed E-state index contributed by atoms with van der Waals surface area (Å²) in [5, 5.41) is 0.680. The van der Waals surface area contributed by atoms with Crippen molar-refractivity contribution in [3.8, 4) is 44.5 Å². The van der Waals surface area contributed by atoms with E-state index in [1.807, 2.05) is 6.07 Å². The minimum Gasteiger partial charge on any atom is -0.310 e. The van der Waals surface area contributed by atoms with Gasteiger partial charge in [0.05, 0.1) is 22.5 Å². The van der Waals surface area contributed by atoms with E-state index in [2.05, 4.69) is 348 Å². The predicted octanol–water partition coefficient (Wildman–Crippen LogP) is 23.8. The second kappa shape index (κ2) is 22.3. The summed E-state index contributed by atoms with van der Waals surface area (Å²) in [5.41, 5.74) is 24.0. The molecule has 1 aliphatic heterocycles. The Hall–Kier alpha value is -8.69. The van der Waals surface area contributed by atoms with E-state index in [9.17, 15) is 0 Å². The third kappa shape index (κ3) is 10.9. The third-order valence-electron chi connectivity index (χ3n) is 17.5. The summed E-state index contributed by atoms with van der Waals surface area (Å²) in [5.74, 6) is 0. The lowest BCUT2D eigenvalue weighted by atomic mass is 9.62. The van der Waals surface area contributed by atoms with Crippen molar-refractivity contribution in [2.75, 3.05) is 9.80 Å². The Kier molecular flexibility index (Phi) is 15.0. The van der Waals surface area contributed by atoms with Crippen molar-refractivity contribution in [2.24, 2.45) is 0 Å². The van der Waals surface area contributed by atoms with Gasteiger partial charge in [0.2, 0.25) is 0 Å². The average molecular weight is 1140 g/mol. The van der Waals surface area contributed by atoms with Crippen molar-refractivity contribution >= 4 is 45.7 Å². The van der Waals surface area contributed by atoms with E-state index in [1.165, 1.54) is 27.8 Å². The van der Waals surface area contributed by atoms with Crippen LogP contribution in [0.3, 0.4) is 0 Å². The number of hydrogen-bond donors (Lipinski definition) is 0. The minimum atomic E-state index is -0.909. The lowest BCUT2D eigenvalue weighted by molar-refractivity contribution is 0.568. The van der Waals surface area contributed by atoms with Gasteiger partial charge in [0, 0.05) is 33.2 Å². The molecule has 0 aliphatic carbocycles. The highest BCUT2D eigenvalue weighted by molar-refractivity contribution is 6.30. The average Bonchev–Trinajstić information content (AvgIpc) is 0.705. The summed E-state index contributed by atoms with van der Waals surface area (Å²) in [6.45, 7) is 28.0. The molecular formula is C83H79ClN2. The van der Waals surface area contributed by atoms with Crippen LogP contribution in [0.2, 0.25) is 5.02 Å². The van der Waals surface area contributed by atoms with Crippen LogP contribution >= 0.6 is 11.6 Å². The van der Waals surface area contributed by atoms with Gasteiger partial charge in [0.1, 0.15) is 0 Å². The van der Waals surface area contributed by atoms with Gasteiger partial charge in [-0.3, -0.25) is 0 Å². The molecule has 1 heterocycles. The second-order valence-corrected chi connectivity index (χ2v) is 28.1. The Morgan fingerprint density at radius 1 is 0.314 bits per heavy atom. The molecule has 428 valence electrons. The first kappa shape index (κ1) is 57.7. The maximum atomic E-state index is 7.35. The fourth-order valence-corrected chi connectivity index (χ4v) is 13.0. The molecule has 3 heteroatoms. The summed E-state index contributed by atoms with van der Waals surface area (Å²) in [6, 6.07) is 97.7. The summed E-state index contributed by atoms with van der Waals surface area (Å²) in [6.07, 6.45) is 0. The Balaban J connectivity index is 1.27. The van der Waals surface area contributed by atoms with Gasteiger partial charge in [-0.25, -0.2) is 0 Å². The van der Waals surface area contributed by atoms with Gasteiger partial charge in [-0.15, -0.1) is 0 Å². The van der Waals surface area contributed by atoms with E-state index >= 15 is 0 Å². The number of benzene rings is 11. The zero-order chi connectivity index (χ0) is 60.3. The van der Waals surface area contributed by atoms with E-state index in [0.29, 0.717) is 5.02 Å². The fourth-order valence-electron chi connectivity index (χ4n) is 12.8. The van der Waals surface area contributed by atoms with Gasteiger partial charge in [0.25, 0.3) is 0 Å². The van der Waals surface area contributed by atoms with Gasteiger partial charge in [-0.05, 0) is 166 Å². The monoisotopic (exact) mass is 1140 g/mol. The highest BCUT2D eigenvalue weighted by atomic mass is 35.5. The lowest BCUT2D eigenvalue weighted by Crippen LogP contribution is -2.38. The molecule has 2 nitrogen and oxygen atoms in total. The molecule has 86 heavy (non-hydrogen) atoms. The summed E-state index contributed by atoms with van der Waals surface area (Å²) in [7, 11) is 0. The van der Waals surface area contributed by atoms with Crippen LogP contribution in [0.1, 0.15) is 128 Å². The normalized spacial score (nSPS) is 13.2. The zero-order valence-corrected chi connectivity index (χ0v) is 52.9. The van der Waals surface area contributed by atoms with Crippen molar-refractivity contribution in [2.45, 2.75) is 110 Å². The zero-order valence-electron chi connectivity index (χ0n) is 52.1. The van der Waals surface area contributed by atoms with Crippen LogP contribution in [-0.4, -0.2) is 0 Å². The van der Waals surface area contributed by atoms with Crippen molar-refractivity contribution in [3.05, 3.63) is 310 Å². The van der Waals surface area contributed by atoms with Gasteiger partial charge < -0.3 is 9.80 Å². The van der Waals surface area contributed by atoms with Gasteiger partial charge in [0.15, 0.2) is 0 Å². The number of nitrogens with zero attached hydrogens (tertiary/aromatic N) is 2. The van der Waals surface area contributed by atoms with Crippen LogP contribution in [-0.2, 0) is 27.1 Å². The number of fused-ring (bicyclic) bond motifs is 2. The molecule has 11 aromatic carbocycles. The maximum absolute atomic E-state index is 7.35. The Labute approximate surface area is 517 Å². The molecule has 0 N–H and O–H groups in total. The standard InChI is InChI=1S/C83H79ClN2/c1-79(2,3)63-45-59(46-64(52-63)80(4,5)6)58-33-26-38-70(50-58)85(78-72(56-29-16-13-17-30-56)39-28-40-73(78)57-31-18-14-19-32-57)71-51-61(60-47-65(81(7,8)9)53-66(48-60)82(10,11)12)49-67(55-71)83(62-34-27-35-68(84)54-62)74-41-22-24-43-76(74)86(69-36-20-15-21-37-69)77-44-25-23-42-75(77)83/h13-55H,1-12H3. The molecule has 0 amide bonds. The molecule has 0 atom stereocenters. The van der Waals surface area contributed by atoms with E-state index in [4.69, 9.17) is 11.6 Å². The van der Waals surface area contributed by atoms with Crippen molar-refractivity contribution in [3.63, 3.8) is 0 Å². The molecule has 0 unspecified atom stereocenters. The highest BCUT2D eigenvalue weighted by Gasteiger charge is 2.47. The highest BCUT2D eigenvalue weighted by Crippen LogP contribution is 2.60. The molecule has 1 aliphatic rings. The second-order valence-electron chi connectivity index (χ2n) is 27.7. The fraction of sp³-hybridized carbons (Fsp3) is 0.205. The lowest BCUT2D eigenvalue weighted by Gasteiger charge is -2.47.